The molecule has 0 radical (unpaired) electrons. The number of aliphatic hydroxyl groups excluding tert-OH is 1. The van der Waals surface area contributed by atoms with Crippen molar-refractivity contribution in [3.8, 4) is 11.5 Å². The summed E-state index contributed by atoms with van der Waals surface area (Å²) >= 11 is 0. The van der Waals surface area contributed by atoms with Crippen LogP contribution in [0, 0.1) is 0 Å². The lowest BCUT2D eigenvalue weighted by Crippen LogP contribution is -2.53. The van der Waals surface area contributed by atoms with Gasteiger partial charge in [0.05, 0.1) is 13.7 Å². The van der Waals surface area contributed by atoms with Crippen LogP contribution in [0.15, 0.2) is 18.2 Å². The fourth-order valence-electron chi connectivity index (χ4n) is 4.94. The van der Waals surface area contributed by atoms with Gasteiger partial charge in [-0.3, -0.25) is 9.80 Å². The summed E-state index contributed by atoms with van der Waals surface area (Å²) in [5, 5.41) is 14.0. The summed E-state index contributed by atoms with van der Waals surface area (Å²) in [6, 6.07) is 6.61. The van der Waals surface area contributed by atoms with Crippen LogP contribution >= 0.6 is 0 Å². The van der Waals surface area contributed by atoms with Crippen molar-refractivity contribution in [3.05, 3.63) is 23.8 Å². The monoisotopic (exact) mass is 425 g/mol. The summed E-state index contributed by atoms with van der Waals surface area (Å²) in [5.41, 5.74) is 0.911. The number of nitrogens with zero attached hydrogens (tertiary/aromatic N) is 2. The van der Waals surface area contributed by atoms with E-state index >= 15 is 0 Å². The van der Waals surface area contributed by atoms with E-state index in [9.17, 15) is 13.9 Å². The minimum Gasteiger partial charge on any atom is -0.493 e. The number of piperidine rings is 1. The second kappa shape index (κ2) is 9.34. The maximum atomic E-state index is 13.6. The number of β-amino-alcohol motifs (C(OH)–C–C–N with tert-alkyl or cyclic N) is 1. The second-order valence-corrected chi connectivity index (χ2v) is 8.98. The molecule has 3 heterocycles. The molecule has 8 heteroatoms. The number of hydrogen-bond donors (Lipinski definition) is 2. The first-order chi connectivity index (χ1) is 14.4. The highest BCUT2D eigenvalue weighted by Crippen LogP contribution is 2.31. The highest BCUT2D eigenvalue weighted by atomic mass is 19.3. The normalized spacial score (nSPS) is 27.7. The van der Waals surface area contributed by atoms with E-state index < -0.39 is 12.0 Å². The predicted molar refractivity (Wildman–Crippen MR) is 110 cm³/mol. The maximum absolute atomic E-state index is 13.6. The standard InChI is InChI=1S/C22H33F2N3O3/c1-29-21-9-16(10-26-8-2-7-22(23,24)15-26)3-6-20(21)30-14-19(28)13-27-11-17-4-5-18(12-27)25-17/h3,6,9,17-19,25,28H,2,4-5,7-8,10-15H2,1H3/t17-,18+,19?. The van der Waals surface area contributed by atoms with Crippen LogP contribution in [-0.4, -0.2) is 85.5 Å². The van der Waals surface area contributed by atoms with Gasteiger partial charge in [0.2, 0.25) is 0 Å². The molecule has 30 heavy (non-hydrogen) atoms. The minimum atomic E-state index is -2.61. The van der Waals surface area contributed by atoms with Crippen LogP contribution in [-0.2, 0) is 6.54 Å². The topological polar surface area (TPSA) is 57.2 Å². The number of fused-ring (bicyclic) bond motifs is 2. The molecule has 0 amide bonds. The molecule has 6 nitrogen and oxygen atoms in total. The fourth-order valence-corrected chi connectivity index (χ4v) is 4.94. The van der Waals surface area contributed by atoms with Crippen molar-refractivity contribution in [3.63, 3.8) is 0 Å². The molecule has 0 spiro atoms. The zero-order valence-electron chi connectivity index (χ0n) is 17.7. The van der Waals surface area contributed by atoms with E-state index in [0.717, 1.165) is 18.7 Å². The van der Waals surface area contributed by atoms with Crippen LogP contribution in [0.2, 0.25) is 0 Å². The lowest BCUT2D eigenvalue weighted by Gasteiger charge is -2.34. The van der Waals surface area contributed by atoms with E-state index in [-0.39, 0.29) is 19.6 Å². The average Bonchev–Trinajstić information content (AvgIpc) is 3.04. The Labute approximate surface area is 177 Å². The molecular weight excluding hydrogens is 392 g/mol. The molecule has 3 saturated heterocycles. The molecule has 1 aromatic rings. The van der Waals surface area contributed by atoms with Crippen LogP contribution in [0.5, 0.6) is 11.5 Å². The number of nitrogens with one attached hydrogen (secondary N) is 1. The van der Waals surface area contributed by atoms with Gasteiger partial charge in [-0.1, -0.05) is 6.07 Å². The molecule has 0 saturated carbocycles. The number of halogens is 2. The molecule has 3 fully saturated rings. The molecule has 0 aliphatic carbocycles. The Hall–Kier alpha value is -1.48. The molecule has 4 rings (SSSR count). The third-order valence-corrected chi connectivity index (χ3v) is 6.30. The molecule has 3 aliphatic heterocycles. The van der Waals surface area contributed by atoms with Gasteiger partial charge in [0.25, 0.3) is 5.92 Å². The molecule has 3 atom stereocenters. The van der Waals surface area contributed by atoms with Crippen molar-refractivity contribution in [1.82, 2.24) is 15.1 Å². The number of likely N-dealkylation sites (tertiary alicyclic amines) is 2. The Kier molecular flexibility index (Phi) is 6.77. The molecule has 1 aromatic carbocycles. The van der Waals surface area contributed by atoms with Gasteiger partial charge in [0.1, 0.15) is 12.7 Å². The zero-order chi connectivity index (χ0) is 21.1. The van der Waals surface area contributed by atoms with Gasteiger partial charge in [-0.2, -0.15) is 0 Å². The highest BCUT2D eigenvalue weighted by molar-refractivity contribution is 5.43. The summed E-state index contributed by atoms with van der Waals surface area (Å²) in [5.74, 6) is -1.49. The molecule has 2 bridgehead atoms. The Bertz CT molecular complexity index is 709. The third-order valence-electron chi connectivity index (χ3n) is 6.30. The van der Waals surface area contributed by atoms with E-state index in [1.807, 2.05) is 12.1 Å². The van der Waals surface area contributed by atoms with Crippen LogP contribution in [0.3, 0.4) is 0 Å². The molecular formula is C22H33F2N3O3. The van der Waals surface area contributed by atoms with Gasteiger partial charge in [-0.15, -0.1) is 0 Å². The SMILES string of the molecule is COc1cc(CN2CCCC(F)(F)C2)ccc1OCC(O)CN1C[C@H]2CC[C@@H](C1)N2. The van der Waals surface area contributed by atoms with E-state index in [1.165, 1.54) is 12.8 Å². The molecule has 2 N–H and O–H groups in total. The van der Waals surface area contributed by atoms with Crippen LogP contribution in [0.1, 0.15) is 31.2 Å². The Morgan fingerprint density at radius 1 is 1.20 bits per heavy atom. The quantitative estimate of drug-likeness (QED) is 0.665. The first kappa shape index (κ1) is 21.7. The zero-order valence-corrected chi connectivity index (χ0v) is 17.7. The van der Waals surface area contributed by atoms with Gasteiger partial charge < -0.3 is 19.9 Å². The van der Waals surface area contributed by atoms with Gasteiger partial charge in [0, 0.05) is 44.7 Å². The van der Waals surface area contributed by atoms with Crippen molar-refractivity contribution < 1.29 is 23.4 Å². The Balaban J connectivity index is 1.28. The second-order valence-electron chi connectivity index (χ2n) is 8.98. The van der Waals surface area contributed by atoms with Crippen LogP contribution in [0.4, 0.5) is 8.78 Å². The highest BCUT2D eigenvalue weighted by Gasteiger charge is 2.35. The maximum Gasteiger partial charge on any atom is 0.260 e. The number of rotatable bonds is 8. The summed E-state index contributed by atoms with van der Waals surface area (Å²) in [4.78, 5) is 4.09. The summed E-state index contributed by atoms with van der Waals surface area (Å²) in [6.45, 7) is 3.66. The molecule has 0 aromatic heterocycles. The van der Waals surface area contributed by atoms with E-state index in [4.69, 9.17) is 9.47 Å². The first-order valence-electron chi connectivity index (χ1n) is 11.0. The smallest absolute Gasteiger partial charge is 0.260 e. The van der Waals surface area contributed by atoms with Gasteiger partial charge in [-0.25, -0.2) is 8.78 Å². The summed E-state index contributed by atoms with van der Waals surface area (Å²) in [6.07, 6.45) is 2.33. The van der Waals surface area contributed by atoms with Gasteiger partial charge >= 0.3 is 0 Å². The van der Waals surface area contributed by atoms with Crippen molar-refractivity contribution in [1.29, 1.82) is 0 Å². The Morgan fingerprint density at radius 3 is 2.67 bits per heavy atom. The van der Waals surface area contributed by atoms with Crippen LogP contribution in [0.25, 0.3) is 0 Å². The molecule has 168 valence electrons. The summed E-state index contributed by atoms with van der Waals surface area (Å²) in [7, 11) is 1.56. The fraction of sp³-hybridized carbons (Fsp3) is 0.727. The van der Waals surface area contributed by atoms with E-state index in [0.29, 0.717) is 49.6 Å². The van der Waals surface area contributed by atoms with E-state index in [2.05, 4.69) is 10.2 Å². The minimum absolute atomic E-state index is 0.0306. The predicted octanol–water partition coefficient (Wildman–Crippen LogP) is 2.10. The Morgan fingerprint density at radius 2 is 1.97 bits per heavy atom. The lowest BCUT2D eigenvalue weighted by molar-refractivity contribution is -0.0661. The number of hydrogen-bond acceptors (Lipinski definition) is 6. The van der Waals surface area contributed by atoms with Crippen molar-refractivity contribution >= 4 is 0 Å². The number of benzene rings is 1. The van der Waals surface area contributed by atoms with E-state index in [1.54, 1.807) is 18.1 Å². The van der Waals surface area contributed by atoms with Gasteiger partial charge in [0.15, 0.2) is 11.5 Å². The molecule has 1 unspecified atom stereocenters. The van der Waals surface area contributed by atoms with Crippen molar-refractivity contribution in [2.24, 2.45) is 0 Å². The average molecular weight is 426 g/mol. The number of ether oxygens (including phenoxy) is 2. The lowest BCUT2D eigenvalue weighted by atomic mass is 10.1. The van der Waals surface area contributed by atoms with Gasteiger partial charge in [-0.05, 0) is 43.5 Å². The van der Waals surface area contributed by atoms with Crippen molar-refractivity contribution in [2.45, 2.75) is 56.3 Å². The first-order valence-corrected chi connectivity index (χ1v) is 11.0. The number of methoxy groups -OCH3 is 1. The summed E-state index contributed by atoms with van der Waals surface area (Å²) < 4.78 is 38.6. The van der Waals surface area contributed by atoms with Crippen LogP contribution < -0.4 is 14.8 Å². The molecule has 3 aliphatic rings. The van der Waals surface area contributed by atoms with Crippen molar-refractivity contribution in [2.75, 3.05) is 46.4 Å². The third kappa shape index (κ3) is 5.60. The number of alkyl halides is 2. The largest absolute Gasteiger partial charge is 0.493 e. The number of aliphatic hydroxyl groups is 1. The number of piperazine rings is 1.